The second kappa shape index (κ2) is 7.00. The van der Waals surface area contributed by atoms with Crippen LogP contribution in [0.2, 0.25) is 0 Å². The molecule has 0 spiro atoms. The SMILES string of the molecule is C/C(=C\c1ccc(F)cc1)C(=O)Nc1ccccc1C(C)O. The largest absolute Gasteiger partial charge is 0.389 e. The molecule has 2 rings (SSSR count). The van der Waals surface area contributed by atoms with Gasteiger partial charge in [-0.3, -0.25) is 4.79 Å². The highest BCUT2D eigenvalue weighted by molar-refractivity contribution is 6.06. The van der Waals surface area contributed by atoms with Gasteiger partial charge in [-0.15, -0.1) is 0 Å². The molecule has 1 atom stereocenters. The molecule has 1 unspecified atom stereocenters. The molecular formula is C18H18FNO2. The van der Waals surface area contributed by atoms with E-state index in [-0.39, 0.29) is 11.7 Å². The third kappa shape index (κ3) is 4.02. The van der Waals surface area contributed by atoms with Crippen molar-refractivity contribution < 1.29 is 14.3 Å². The smallest absolute Gasteiger partial charge is 0.251 e. The number of hydrogen-bond acceptors (Lipinski definition) is 2. The van der Waals surface area contributed by atoms with E-state index in [4.69, 9.17) is 0 Å². The van der Waals surface area contributed by atoms with E-state index in [0.717, 1.165) is 5.56 Å². The molecule has 0 fully saturated rings. The number of nitrogens with one attached hydrogen (secondary N) is 1. The van der Waals surface area contributed by atoms with Crippen LogP contribution in [0.25, 0.3) is 6.08 Å². The zero-order valence-corrected chi connectivity index (χ0v) is 12.5. The summed E-state index contributed by atoms with van der Waals surface area (Å²) in [4.78, 5) is 12.2. The van der Waals surface area contributed by atoms with Gasteiger partial charge in [0.1, 0.15) is 5.82 Å². The Balaban J connectivity index is 2.17. The van der Waals surface area contributed by atoms with Crippen molar-refractivity contribution in [3.8, 4) is 0 Å². The van der Waals surface area contributed by atoms with E-state index in [2.05, 4.69) is 5.32 Å². The minimum Gasteiger partial charge on any atom is -0.389 e. The number of carbonyl (C=O) groups excluding carboxylic acids is 1. The molecule has 0 aliphatic carbocycles. The lowest BCUT2D eigenvalue weighted by Crippen LogP contribution is -2.14. The summed E-state index contributed by atoms with van der Waals surface area (Å²) in [6, 6.07) is 13.0. The summed E-state index contributed by atoms with van der Waals surface area (Å²) < 4.78 is 12.9. The standard InChI is InChI=1S/C18H18FNO2/c1-12(11-14-7-9-15(19)10-8-14)18(22)20-17-6-4-3-5-16(17)13(2)21/h3-11,13,21H,1-2H3,(H,20,22)/b12-11+. The first-order valence-electron chi connectivity index (χ1n) is 6.99. The second-order valence-electron chi connectivity index (χ2n) is 5.10. The highest BCUT2D eigenvalue weighted by Crippen LogP contribution is 2.22. The highest BCUT2D eigenvalue weighted by Gasteiger charge is 2.11. The van der Waals surface area contributed by atoms with Crippen molar-refractivity contribution in [1.82, 2.24) is 0 Å². The second-order valence-corrected chi connectivity index (χ2v) is 5.10. The first-order chi connectivity index (χ1) is 10.5. The molecule has 0 aromatic heterocycles. The number of aliphatic hydroxyl groups excluding tert-OH is 1. The van der Waals surface area contributed by atoms with Crippen molar-refractivity contribution in [3.05, 3.63) is 71.0 Å². The average molecular weight is 299 g/mol. The van der Waals surface area contributed by atoms with Gasteiger partial charge in [0.05, 0.1) is 6.10 Å². The van der Waals surface area contributed by atoms with Crippen LogP contribution in [0.4, 0.5) is 10.1 Å². The van der Waals surface area contributed by atoms with Gasteiger partial charge in [0.25, 0.3) is 5.91 Å². The normalized spacial score (nSPS) is 12.8. The molecule has 2 aromatic rings. The van der Waals surface area contributed by atoms with Gasteiger partial charge in [-0.1, -0.05) is 30.3 Å². The molecule has 2 aromatic carbocycles. The van der Waals surface area contributed by atoms with Crippen molar-refractivity contribution in [3.63, 3.8) is 0 Å². The van der Waals surface area contributed by atoms with E-state index in [1.807, 2.05) is 0 Å². The zero-order chi connectivity index (χ0) is 16.1. The molecule has 0 heterocycles. The maximum atomic E-state index is 12.9. The van der Waals surface area contributed by atoms with Crippen LogP contribution in [0.1, 0.15) is 31.1 Å². The van der Waals surface area contributed by atoms with Crippen LogP contribution < -0.4 is 5.32 Å². The van der Waals surface area contributed by atoms with Gasteiger partial charge in [-0.05, 0) is 43.7 Å². The monoisotopic (exact) mass is 299 g/mol. The maximum absolute atomic E-state index is 12.9. The Bertz CT molecular complexity index is 690. The van der Waals surface area contributed by atoms with E-state index >= 15 is 0 Å². The third-order valence-electron chi connectivity index (χ3n) is 3.27. The van der Waals surface area contributed by atoms with Crippen molar-refractivity contribution in [2.24, 2.45) is 0 Å². The first-order valence-corrected chi connectivity index (χ1v) is 6.99. The van der Waals surface area contributed by atoms with Crippen LogP contribution in [-0.4, -0.2) is 11.0 Å². The predicted octanol–water partition coefficient (Wildman–Crippen LogP) is 3.92. The molecule has 2 N–H and O–H groups in total. The number of halogens is 1. The fraction of sp³-hybridized carbons (Fsp3) is 0.167. The minimum absolute atomic E-state index is 0.266. The third-order valence-corrected chi connectivity index (χ3v) is 3.27. The Morgan fingerprint density at radius 3 is 2.45 bits per heavy atom. The van der Waals surface area contributed by atoms with E-state index in [9.17, 15) is 14.3 Å². The average Bonchev–Trinajstić information content (AvgIpc) is 2.49. The summed E-state index contributed by atoms with van der Waals surface area (Å²) in [7, 11) is 0. The summed E-state index contributed by atoms with van der Waals surface area (Å²) in [5.41, 5.74) is 2.48. The van der Waals surface area contributed by atoms with Gasteiger partial charge in [0.15, 0.2) is 0 Å². The zero-order valence-electron chi connectivity index (χ0n) is 12.5. The number of amides is 1. The molecule has 3 nitrogen and oxygen atoms in total. The highest BCUT2D eigenvalue weighted by atomic mass is 19.1. The Morgan fingerprint density at radius 2 is 1.82 bits per heavy atom. The molecule has 0 aliphatic rings. The van der Waals surface area contributed by atoms with Crippen molar-refractivity contribution >= 4 is 17.7 Å². The number of rotatable bonds is 4. The van der Waals surface area contributed by atoms with E-state index in [1.165, 1.54) is 12.1 Å². The number of benzene rings is 2. The summed E-state index contributed by atoms with van der Waals surface area (Å²) in [5.74, 6) is -0.581. The Labute approximate surface area is 129 Å². The van der Waals surface area contributed by atoms with Gasteiger partial charge >= 0.3 is 0 Å². The number of hydrogen-bond donors (Lipinski definition) is 2. The maximum Gasteiger partial charge on any atom is 0.251 e. The Morgan fingerprint density at radius 1 is 1.18 bits per heavy atom. The van der Waals surface area contributed by atoms with Crippen molar-refractivity contribution in [2.75, 3.05) is 5.32 Å². The van der Waals surface area contributed by atoms with Crippen LogP contribution in [-0.2, 0) is 4.79 Å². The molecule has 0 aliphatic heterocycles. The summed E-state index contributed by atoms with van der Waals surface area (Å²) in [5, 5.41) is 12.5. The quantitative estimate of drug-likeness (QED) is 0.841. The molecule has 0 radical (unpaired) electrons. The molecule has 1 amide bonds. The van der Waals surface area contributed by atoms with E-state index in [1.54, 1.807) is 56.3 Å². The van der Waals surface area contributed by atoms with Gasteiger partial charge < -0.3 is 10.4 Å². The molecule has 22 heavy (non-hydrogen) atoms. The number of carbonyl (C=O) groups is 1. The van der Waals surface area contributed by atoms with Gasteiger partial charge in [0, 0.05) is 16.8 Å². The van der Waals surface area contributed by atoms with Crippen LogP contribution in [0.15, 0.2) is 54.1 Å². The molecule has 0 bridgehead atoms. The van der Waals surface area contributed by atoms with Gasteiger partial charge in [-0.2, -0.15) is 0 Å². The van der Waals surface area contributed by atoms with Gasteiger partial charge in [-0.25, -0.2) is 4.39 Å². The predicted molar refractivity (Wildman–Crippen MR) is 85.8 cm³/mol. The van der Waals surface area contributed by atoms with Crippen LogP contribution in [0, 0.1) is 5.82 Å². The van der Waals surface area contributed by atoms with Crippen molar-refractivity contribution in [1.29, 1.82) is 0 Å². The summed E-state index contributed by atoms with van der Waals surface area (Å²) in [6.07, 6.45) is 1.01. The lowest BCUT2D eigenvalue weighted by atomic mass is 10.1. The Kier molecular flexibility index (Phi) is 5.07. The Hall–Kier alpha value is -2.46. The molecular weight excluding hydrogens is 281 g/mol. The van der Waals surface area contributed by atoms with Crippen molar-refractivity contribution in [2.45, 2.75) is 20.0 Å². The number of anilines is 1. The lowest BCUT2D eigenvalue weighted by Gasteiger charge is -2.13. The van der Waals surface area contributed by atoms with Gasteiger partial charge in [0.2, 0.25) is 0 Å². The molecule has 4 heteroatoms. The fourth-order valence-corrected chi connectivity index (χ4v) is 2.07. The number of para-hydroxylation sites is 1. The molecule has 0 saturated carbocycles. The molecule has 114 valence electrons. The summed E-state index contributed by atoms with van der Waals surface area (Å²) in [6.45, 7) is 3.33. The molecule has 0 saturated heterocycles. The fourth-order valence-electron chi connectivity index (χ4n) is 2.07. The van der Waals surface area contributed by atoms with E-state index < -0.39 is 6.10 Å². The number of aliphatic hydroxyl groups is 1. The first kappa shape index (κ1) is 15.9. The topological polar surface area (TPSA) is 49.3 Å². The van der Waals surface area contributed by atoms with Crippen LogP contribution in [0.5, 0.6) is 0 Å². The lowest BCUT2D eigenvalue weighted by molar-refractivity contribution is -0.112. The van der Waals surface area contributed by atoms with Crippen LogP contribution >= 0.6 is 0 Å². The van der Waals surface area contributed by atoms with Crippen LogP contribution in [0.3, 0.4) is 0 Å². The summed E-state index contributed by atoms with van der Waals surface area (Å²) >= 11 is 0. The minimum atomic E-state index is -0.669. The van der Waals surface area contributed by atoms with E-state index in [0.29, 0.717) is 16.8 Å².